The van der Waals surface area contributed by atoms with Gasteiger partial charge in [0.2, 0.25) is 5.95 Å². The molecular weight excluding hydrogens is 366 g/mol. The number of β-amino-alcohol motifs (C(OH)–C–C–N with tert-alkyl or cyclic N) is 1. The van der Waals surface area contributed by atoms with Crippen LogP contribution in [0.5, 0.6) is 0 Å². The average molecular weight is 387 g/mol. The average Bonchev–Trinajstić information content (AvgIpc) is 3.17. The molecule has 0 spiro atoms. The molecule has 7 heteroatoms. The van der Waals surface area contributed by atoms with Crippen molar-refractivity contribution in [2.75, 3.05) is 23.7 Å². The number of aliphatic hydroxyl groups excluding tert-OH is 1. The second kappa shape index (κ2) is 7.18. The Morgan fingerprint density at radius 3 is 2.69 bits per heavy atom. The fourth-order valence-electron chi connectivity index (χ4n) is 3.86. The predicted octanol–water partition coefficient (Wildman–Crippen LogP) is 3.50. The Morgan fingerprint density at radius 1 is 1.07 bits per heavy atom. The minimum absolute atomic E-state index is 0.242. The smallest absolute Gasteiger partial charge is 0.220 e. The van der Waals surface area contributed by atoms with E-state index in [1.54, 1.807) is 6.20 Å². The molecule has 1 atom stereocenters. The summed E-state index contributed by atoms with van der Waals surface area (Å²) in [4.78, 5) is 10.5. The first-order chi connectivity index (χ1) is 14.2. The first kappa shape index (κ1) is 17.6. The summed E-state index contributed by atoms with van der Waals surface area (Å²) >= 11 is 0. The van der Waals surface area contributed by atoms with E-state index in [1.165, 1.54) is 0 Å². The van der Waals surface area contributed by atoms with Crippen molar-refractivity contribution in [3.05, 3.63) is 54.7 Å². The molecule has 1 aliphatic rings. The van der Waals surface area contributed by atoms with Gasteiger partial charge in [0.1, 0.15) is 5.52 Å². The summed E-state index contributed by atoms with van der Waals surface area (Å²) in [6.45, 7) is 1.64. The maximum absolute atomic E-state index is 9.92. The lowest BCUT2D eigenvalue weighted by Gasteiger charge is -2.32. The van der Waals surface area contributed by atoms with E-state index in [1.807, 2.05) is 36.4 Å². The summed E-state index contributed by atoms with van der Waals surface area (Å²) in [7, 11) is 0. The van der Waals surface area contributed by atoms with Crippen LogP contribution in [0, 0.1) is 0 Å². The van der Waals surface area contributed by atoms with Gasteiger partial charge in [-0.2, -0.15) is 0 Å². The van der Waals surface area contributed by atoms with E-state index in [4.69, 9.17) is 10.3 Å². The molecule has 3 heterocycles. The summed E-state index contributed by atoms with van der Waals surface area (Å²) in [6, 6.07) is 15.9. The van der Waals surface area contributed by atoms with E-state index >= 15 is 0 Å². The first-order valence-corrected chi connectivity index (χ1v) is 9.69. The van der Waals surface area contributed by atoms with Crippen molar-refractivity contribution in [1.82, 2.24) is 15.1 Å². The summed E-state index contributed by atoms with van der Waals surface area (Å²) in [6.07, 6.45) is 3.27. The monoisotopic (exact) mass is 387 g/mol. The van der Waals surface area contributed by atoms with Gasteiger partial charge in [0.25, 0.3) is 0 Å². The Labute approximate surface area is 167 Å². The lowest BCUT2D eigenvalue weighted by atomic mass is 10.0. The van der Waals surface area contributed by atoms with Crippen LogP contribution in [-0.4, -0.2) is 39.4 Å². The molecular formula is C22H21N5O2. The number of hydrogen-bond donors (Lipinski definition) is 2. The maximum Gasteiger partial charge on any atom is 0.220 e. The molecule has 0 saturated carbocycles. The third-order valence-corrected chi connectivity index (χ3v) is 5.34. The third kappa shape index (κ3) is 3.40. The largest absolute Gasteiger partial charge is 0.391 e. The van der Waals surface area contributed by atoms with Gasteiger partial charge in [0.15, 0.2) is 5.76 Å². The van der Waals surface area contributed by atoms with Crippen molar-refractivity contribution in [2.45, 2.75) is 18.9 Å². The summed E-state index contributed by atoms with van der Waals surface area (Å²) in [5, 5.41) is 15.0. The number of nitrogens with two attached hydrogens (primary N) is 1. The molecule has 2 aromatic carbocycles. The van der Waals surface area contributed by atoms with Crippen molar-refractivity contribution >= 4 is 22.5 Å². The zero-order chi connectivity index (χ0) is 19.8. The fourth-order valence-corrected chi connectivity index (χ4v) is 3.86. The minimum Gasteiger partial charge on any atom is -0.391 e. The van der Waals surface area contributed by atoms with E-state index in [0.717, 1.165) is 52.8 Å². The molecule has 0 amide bonds. The van der Waals surface area contributed by atoms with Gasteiger partial charge >= 0.3 is 0 Å². The Balaban J connectivity index is 1.49. The number of benzene rings is 2. The molecule has 1 saturated heterocycles. The van der Waals surface area contributed by atoms with Crippen LogP contribution >= 0.6 is 0 Å². The van der Waals surface area contributed by atoms with E-state index in [9.17, 15) is 5.11 Å². The molecule has 3 N–H and O–H groups in total. The van der Waals surface area contributed by atoms with Crippen LogP contribution < -0.4 is 10.6 Å². The topological polar surface area (TPSA) is 101 Å². The van der Waals surface area contributed by atoms with Gasteiger partial charge in [-0.1, -0.05) is 11.2 Å². The Bertz CT molecular complexity index is 1160. The van der Waals surface area contributed by atoms with Crippen LogP contribution in [-0.2, 0) is 0 Å². The van der Waals surface area contributed by atoms with Crippen molar-refractivity contribution in [3.63, 3.8) is 0 Å². The number of fused-ring (bicyclic) bond motifs is 1. The molecule has 0 bridgehead atoms. The van der Waals surface area contributed by atoms with Gasteiger partial charge in [-0.05, 0) is 55.3 Å². The molecule has 1 unspecified atom stereocenters. The molecule has 2 aromatic heterocycles. The number of rotatable bonds is 3. The number of anilines is 2. The first-order valence-electron chi connectivity index (χ1n) is 9.69. The number of nitrogens with zero attached hydrogens (tertiary/aromatic N) is 4. The van der Waals surface area contributed by atoms with Crippen LogP contribution in [0.15, 0.2) is 59.3 Å². The van der Waals surface area contributed by atoms with Gasteiger partial charge in [-0.15, -0.1) is 0 Å². The predicted molar refractivity (Wildman–Crippen MR) is 112 cm³/mol. The highest BCUT2D eigenvalue weighted by Gasteiger charge is 2.18. The van der Waals surface area contributed by atoms with Crippen LogP contribution in [0.4, 0.5) is 11.6 Å². The summed E-state index contributed by atoms with van der Waals surface area (Å²) in [5.41, 5.74) is 10.2. The van der Waals surface area contributed by atoms with E-state index < -0.39 is 0 Å². The number of piperidine rings is 1. The Hall–Kier alpha value is -3.45. The lowest BCUT2D eigenvalue weighted by Crippen LogP contribution is -2.38. The quantitative estimate of drug-likeness (QED) is 0.555. The number of nitrogen functional groups attached to an aromatic ring is 1. The Morgan fingerprint density at radius 2 is 1.90 bits per heavy atom. The van der Waals surface area contributed by atoms with Gasteiger partial charge in [0, 0.05) is 36.1 Å². The fraction of sp³-hybridized carbons (Fsp3) is 0.227. The third-order valence-electron chi connectivity index (χ3n) is 5.34. The summed E-state index contributed by atoms with van der Waals surface area (Å²) < 4.78 is 5.66. The second-order valence-electron chi connectivity index (χ2n) is 7.33. The molecule has 29 heavy (non-hydrogen) atoms. The van der Waals surface area contributed by atoms with Gasteiger partial charge in [-0.25, -0.2) is 9.97 Å². The van der Waals surface area contributed by atoms with Gasteiger partial charge in [0.05, 0.1) is 17.2 Å². The number of aliphatic hydroxyl groups is 1. The maximum atomic E-state index is 9.92. The zero-order valence-corrected chi connectivity index (χ0v) is 15.8. The number of aromatic nitrogens is 3. The van der Waals surface area contributed by atoms with E-state index in [-0.39, 0.29) is 12.1 Å². The lowest BCUT2D eigenvalue weighted by molar-refractivity contribution is 0.154. The number of hydrogen-bond acceptors (Lipinski definition) is 7. The van der Waals surface area contributed by atoms with E-state index in [2.05, 4.69) is 32.2 Å². The highest BCUT2D eigenvalue weighted by molar-refractivity contribution is 5.94. The molecule has 5 rings (SSSR count). The van der Waals surface area contributed by atoms with Gasteiger partial charge < -0.3 is 20.3 Å². The van der Waals surface area contributed by atoms with Crippen LogP contribution in [0.3, 0.4) is 0 Å². The molecule has 4 aromatic rings. The van der Waals surface area contributed by atoms with Crippen molar-refractivity contribution in [2.24, 2.45) is 0 Å². The second-order valence-corrected chi connectivity index (χ2v) is 7.33. The molecule has 0 aliphatic carbocycles. The highest BCUT2D eigenvalue weighted by Crippen LogP contribution is 2.33. The van der Waals surface area contributed by atoms with Crippen LogP contribution in [0.1, 0.15) is 12.8 Å². The van der Waals surface area contributed by atoms with Crippen molar-refractivity contribution in [3.8, 4) is 22.6 Å². The highest BCUT2D eigenvalue weighted by atomic mass is 16.5. The molecule has 0 radical (unpaired) electrons. The normalized spacial score (nSPS) is 17.0. The zero-order valence-electron chi connectivity index (χ0n) is 15.8. The molecule has 7 nitrogen and oxygen atoms in total. The van der Waals surface area contributed by atoms with Gasteiger partial charge in [-0.3, -0.25) is 0 Å². The van der Waals surface area contributed by atoms with Crippen LogP contribution in [0.2, 0.25) is 0 Å². The molecule has 1 aliphatic heterocycles. The Kier molecular flexibility index (Phi) is 4.37. The van der Waals surface area contributed by atoms with Crippen molar-refractivity contribution in [1.29, 1.82) is 0 Å². The van der Waals surface area contributed by atoms with Crippen molar-refractivity contribution < 1.29 is 9.63 Å². The SMILES string of the molecule is Nc1nccc(-c2ccc3noc(-c4ccc(N5CCCC(O)C5)cc4)c3c2)n1. The molecule has 146 valence electrons. The van der Waals surface area contributed by atoms with Crippen LogP contribution in [0.25, 0.3) is 33.5 Å². The standard InChI is InChI=1S/C22H21N5O2/c23-22-24-10-9-19(25-22)15-5-8-20-18(12-15)21(29-26-20)14-3-6-16(7-4-14)27-11-1-2-17(28)13-27/h3-10,12,17,28H,1-2,11,13H2,(H2,23,24,25). The minimum atomic E-state index is -0.254. The molecule has 1 fully saturated rings. The van der Waals surface area contributed by atoms with E-state index in [0.29, 0.717) is 12.3 Å². The summed E-state index contributed by atoms with van der Waals surface area (Å²) in [5.74, 6) is 0.959.